The maximum absolute atomic E-state index is 5.08. The van der Waals surface area contributed by atoms with Crippen LogP contribution in [0, 0.1) is 0 Å². The molecule has 6 heteroatoms. The Morgan fingerprint density at radius 2 is 2.33 bits per heavy atom. The zero-order valence-corrected chi connectivity index (χ0v) is 10.7. The van der Waals surface area contributed by atoms with Gasteiger partial charge in [-0.1, -0.05) is 0 Å². The second-order valence-corrected chi connectivity index (χ2v) is 8.36. The van der Waals surface area contributed by atoms with E-state index in [0.29, 0.717) is 0 Å². The summed E-state index contributed by atoms with van der Waals surface area (Å²) < 4.78 is 5.14. The molecule has 0 aliphatic carbocycles. The summed E-state index contributed by atoms with van der Waals surface area (Å²) in [6.45, 7) is 0. The quantitative estimate of drug-likeness (QED) is 0.440. The van der Waals surface area contributed by atoms with Crippen LogP contribution in [0.25, 0.3) is 0 Å². The van der Waals surface area contributed by atoms with E-state index in [1.54, 1.807) is 18.5 Å². The molecule has 12 heavy (non-hydrogen) atoms. The van der Waals surface area contributed by atoms with Gasteiger partial charge in [-0.2, -0.15) is 5.10 Å². The number of hydrogen-bond donors (Lipinski definition) is 0. The maximum atomic E-state index is 5.08. The third-order valence-corrected chi connectivity index (χ3v) is 2.94. The molecule has 0 atom stereocenters. The van der Waals surface area contributed by atoms with Crippen LogP contribution in [0.5, 0.6) is 0 Å². The van der Waals surface area contributed by atoms with Crippen molar-refractivity contribution >= 4 is 45.4 Å². The van der Waals surface area contributed by atoms with Gasteiger partial charge in [-0.3, -0.25) is 0 Å². The van der Waals surface area contributed by atoms with Gasteiger partial charge in [0, 0.05) is 12.4 Å². The summed E-state index contributed by atoms with van der Waals surface area (Å²) in [4.78, 5) is 4.31. The van der Waals surface area contributed by atoms with Gasteiger partial charge in [0.1, 0.15) is 0 Å². The van der Waals surface area contributed by atoms with Gasteiger partial charge in [0.25, 0.3) is 7.98 Å². The molecule has 3 radical (unpaired) electrons. The Bertz CT molecular complexity index is 243. The van der Waals surface area contributed by atoms with E-state index in [-0.39, 0.29) is 0 Å². The van der Waals surface area contributed by atoms with Crippen molar-refractivity contribution in [2.24, 2.45) is 3.21 Å². The monoisotopic (exact) mass is 286 g/mol. The number of hydrogen-bond acceptors (Lipinski definition) is 3. The average molecular weight is 285 g/mol. The van der Waals surface area contributed by atoms with Crippen LogP contribution in [-0.2, 0) is 0 Å². The summed E-state index contributed by atoms with van der Waals surface area (Å²) in [7, 11) is 5.08. The molecule has 1 heterocycles. The number of nitrogens with zero attached hydrogens (tertiary/aromatic N) is 3. The first-order valence-electron chi connectivity index (χ1n) is 3.29. The van der Waals surface area contributed by atoms with Gasteiger partial charge in [-0.15, -0.1) is 0 Å². The van der Waals surface area contributed by atoms with Crippen LogP contribution in [-0.4, -0.2) is 42.9 Å². The molecule has 0 N–H and O–H groups in total. The van der Waals surface area contributed by atoms with Gasteiger partial charge >= 0.3 is 50.5 Å². The fourth-order valence-electron chi connectivity index (χ4n) is 0.372. The van der Waals surface area contributed by atoms with Crippen molar-refractivity contribution < 1.29 is 0 Å². The summed E-state index contributed by atoms with van der Waals surface area (Å²) >= 11 is 3.16. The number of rotatable bonds is 1. The fourth-order valence-corrected chi connectivity index (χ4v) is 2.12. The van der Waals surface area contributed by atoms with Crippen molar-refractivity contribution in [1.29, 1.82) is 0 Å². The van der Waals surface area contributed by atoms with Crippen LogP contribution in [0.2, 0.25) is 9.88 Å². The minimum atomic E-state index is -1.21. The second-order valence-electron chi connectivity index (χ2n) is 2.14. The number of aromatic nitrogens is 2. The normalized spacial score (nSPS) is 8.25. The molecular formula is C6H9BN3SSn. The van der Waals surface area contributed by atoms with Crippen molar-refractivity contribution in [2.45, 2.75) is 9.88 Å². The van der Waals surface area contributed by atoms with Crippen LogP contribution < -0.4 is 0 Å². The third kappa shape index (κ3) is 7.97. The SMILES string of the molecule is [B]n1cccn1.[CH3][Sn]([CH3])[N]=C=S. The van der Waals surface area contributed by atoms with Gasteiger partial charge in [-0.05, 0) is 6.07 Å². The van der Waals surface area contributed by atoms with Crippen molar-refractivity contribution in [3.05, 3.63) is 18.5 Å². The first kappa shape index (κ1) is 11.9. The molecule has 0 saturated carbocycles. The van der Waals surface area contributed by atoms with Gasteiger partial charge < -0.3 is 4.59 Å². The molecule has 0 unspecified atom stereocenters. The molecule has 0 aromatic carbocycles. The Morgan fingerprint density at radius 1 is 1.67 bits per heavy atom. The standard InChI is InChI=1S/C3H3BN2.CNS.2CH3.Sn/c4-6-3-1-2-5-6;2-1-3;;;/h1-3H;;2*1H3;/q;-1;;;+1. The molecule has 0 saturated heterocycles. The summed E-state index contributed by atoms with van der Waals surface area (Å²) in [5.74, 6) is 0. The van der Waals surface area contributed by atoms with Crippen LogP contribution in [0.1, 0.15) is 0 Å². The van der Waals surface area contributed by atoms with Crippen LogP contribution in [0.15, 0.2) is 21.7 Å². The minimum absolute atomic E-state index is 1.21. The molecule has 0 aliphatic heterocycles. The van der Waals surface area contributed by atoms with Crippen molar-refractivity contribution in [3.63, 3.8) is 0 Å². The molecule has 3 nitrogen and oxygen atoms in total. The zero-order chi connectivity index (χ0) is 9.40. The van der Waals surface area contributed by atoms with E-state index in [4.69, 9.17) is 7.98 Å². The van der Waals surface area contributed by atoms with E-state index in [1.807, 2.05) is 0 Å². The zero-order valence-electron chi connectivity index (χ0n) is 7.06. The third-order valence-electron chi connectivity index (χ3n) is 0.794. The van der Waals surface area contributed by atoms with E-state index < -0.39 is 20.0 Å². The molecule has 1 aromatic heterocycles. The molecule has 0 spiro atoms. The Balaban J connectivity index is 0.000000202. The Kier molecular flexibility index (Phi) is 7.44. The van der Waals surface area contributed by atoms with Crippen LogP contribution in [0.4, 0.5) is 0 Å². The van der Waals surface area contributed by atoms with E-state index in [2.05, 4.69) is 35.6 Å². The average Bonchev–Trinajstić information content (AvgIpc) is 2.40. The van der Waals surface area contributed by atoms with Gasteiger partial charge in [0.05, 0.1) is 0 Å². The van der Waals surface area contributed by atoms with Crippen LogP contribution >= 0.6 is 12.2 Å². The Morgan fingerprint density at radius 3 is 2.42 bits per heavy atom. The first-order valence-corrected chi connectivity index (χ1v) is 10.7. The van der Waals surface area contributed by atoms with Crippen molar-refractivity contribution in [1.82, 2.24) is 9.69 Å². The van der Waals surface area contributed by atoms with Gasteiger partial charge in [0.15, 0.2) is 0 Å². The summed E-state index contributed by atoms with van der Waals surface area (Å²) in [5, 5.41) is 5.97. The molecule has 0 amide bonds. The predicted molar refractivity (Wildman–Crippen MR) is 55.9 cm³/mol. The predicted octanol–water partition coefficient (Wildman–Crippen LogP) is 1.15. The molecule has 0 bridgehead atoms. The summed E-state index contributed by atoms with van der Waals surface area (Å²) in [6, 6.07) is 1.76. The Labute approximate surface area is 86.4 Å². The molecule has 1 rings (SSSR count). The second kappa shape index (κ2) is 7.52. The van der Waals surface area contributed by atoms with Gasteiger partial charge in [0.2, 0.25) is 0 Å². The first-order chi connectivity index (χ1) is 5.66. The molecular weight excluding hydrogens is 276 g/mol. The molecule has 0 fully saturated rings. The summed E-state index contributed by atoms with van der Waals surface area (Å²) in [6.07, 6.45) is 3.29. The fraction of sp³-hybridized carbons (Fsp3) is 0.333. The van der Waals surface area contributed by atoms with E-state index in [1.165, 1.54) is 4.59 Å². The summed E-state index contributed by atoms with van der Waals surface area (Å²) in [5.41, 5.74) is 0. The van der Waals surface area contributed by atoms with Crippen molar-refractivity contribution in [3.8, 4) is 0 Å². The van der Waals surface area contributed by atoms with Crippen LogP contribution in [0.3, 0.4) is 0 Å². The molecule has 0 aliphatic rings. The van der Waals surface area contributed by atoms with E-state index in [9.17, 15) is 0 Å². The van der Waals surface area contributed by atoms with E-state index in [0.717, 1.165) is 0 Å². The topological polar surface area (TPSA) is 30.2 Å². The number of thiocarbonyl (C=S) groups is 1. The molecule has 61 valence electrons. The van der Waals surface area contributed by atoms with Crippen molar-refractivity contribution in [2.75, 3.05) is 0 Å². The van der Waals surface area contributed by atoms with E-state index >= 15 is 0 Å². The Hall–Kier alpha value is -0.126. The molecule has 1 aromatic rings. The van der Waals surface area contributed by atoms with Gasteiger partial charge in [-0.25, -0.2) is 0 Å². The number of isothiocyanates is 1.